The predicted octanol–water partition coefficient (Wildman–Crippen LogP) is 4.09. The van der Waals surface area contributed by atoms with Crippen LogP contribution in [0.2, 0.25) is 5.02 Å². The van der Waals surface area contributed by atoms with Crippen molar-refractivity contribution in [2.24, 2.45) is 0 Å². The number of anilines is 2. The van der Waals surface area contributed by atoms with Crippen molar-refractivity contribution in [3.63, 3.8) is 0 Å². The minimum Gasteiger partial charge on any atom is -0.324 e. The molecule has 2 aromatic rings. The summed E-state index contributed by atoms with van der Waals surface area (Å²) in [5.41, 5.74) is 2.20. The third-order valence-corrected chi connectivity index (χ3v) is 5.47. The maximum atomic E-state index is 12.8. The summed E-state index contributed by atoms with van der Waals surface area (Å²) in [5.74, 6) is -0.378. The Hall–Kier alpha value is -2.05. The van der Waals surface area contributed by atoms with Gasteiger partial charge in [0.05, 0.1) is 11.9 Å². The van der Waals surface area contributed by atoms with Gasteiger partial charge < -0.3 is 5.32 Å². The van der Waals surface area contributed by atoms with Gasteiger partial charge in [0.1, 0.15) is 6.04 Å². The zero-order chi connectivity index (χ0) is 19.3. The van der Waals surface area contributed by atoms with Crippen LogP contribution >= 0.6 is 11.6 Å². The van der Waals surface area contributed by atoms with E-state index in [0.29, 0.717) is 22.8 Å². The molecule has 0 spiro atoms. The summed E-state index contributed by atoms with van der Waals surface area (Å²) >= 11 is 5.89. The highest BCUT2D eigenvalue weighted by Crippen LogP contribution is 2.25. The average molecular weight is 395 g/mol. The van der Waals surface area contributed by atoms with Crippen LogP contribution in [0.4, 0.5) is 11.4 Å². The second-order valence-electron chi connectivity index (χ2n) is 6.00. The van der Waals surface area contributed by atoms with Crippen LogP contribution in [0, 0.1) is 0 Å². The molecule has 0 saturated heterocycles. The fourth-order valence-electron chi connectivity index (χ4n) is 2.70. The van der Waals surface area contributed by atoms with Crippen LogP contribution in [0.25, 0.3) is 0 Å². The van der Waals surface area contributed by atoms with Crippen molar-refractivity contribution in [3.05, 3.63) is 59.1 Å². The summed E-state index contributed by atoms with van der Waals surface area (Å²) in [6.45, 7) is 3.83. The number of carbonyl (C=O) groups is 1. The van der Waals surface area contributed by atoms with E-state index in [2.05, 4.69) is 12.2 Å². The summed E-state index contributed by atoms with van der Waals surface area (Å²) in [7, 11) is -3.66. The Morgan fingerprint density at radius 2 is 1.65 bits per heavy atom. The van der Waals surface area contributed by atoms with Gasteiger partial charge in [0, 0.05) is 10.7 Å². The first-order valence-electron chi connectivity index (χ1n) is 8.41. The molecular formula is C19H23ClN2O3S. The van der Waals surface area contributed by atoms with Crippen LogP contribution in [0.3, 0.4) is 0 Å². The normalized spacial score (nSPS) is 12.5. The lowest BCUT2D eigenvalue weighted by Crippen LogP contribution is -2.46. The molecule has 2 rings (SSSR count). The molecular weight excluding hydrogens is 372 g/mol. The average Bonchev–Trinajstić information content (AvgIpc) is 2.60. The molecule has 0 radical (unpaired) electrons. The number of amides is 1. The number of nitrogens with zero attached hydrogens (tertiary/aromatic N) is 1. The van der Waals surface area contributed by atoms with E-state index in [1.165, 1.54) is 0 Å². The molecule has 0 aromatic heterocycles. The molecule has 2 aromatic carbocycles. The number of aryl methyl sites for hydroxylation is 1. The predicted molar refractivity (Wildman–Crippen MR) is 107 cm³/mol. The molecule has 1 unspecified atom stereocenters. The molecule has 5 nitrogen and oxygen atoms in total. The molecule has 0 heterocycles. The molecule has 1 amide bonds. The van der Waals surface area contributed by atoms with Gasteiger partial charge in [0.15, 0.2) is 0 Å². The van der Waals surface area contributed by atoms with Gasteiger partial charge >= 0.3 is 0 Å². The Labute approximate surface area is 160 Å². The molecule has 0 saturated carbocycles. The zero-order valence-corrected chi connectivity index (χ0v) is 16.6. The first kappa shape index (κ1) is 20.3. The third-order valence-electron chi connectivity index (χ3n) is 4.04. The lowest BCUT2D eigenvalue weighted by molar-refractivity contribution is -0.117. The molecule has 1 atom stereocenters. The van der Waals surface area contributed by atoms with Gasteiger partial charge in [-0.05, 0) is 54.8 Å². The molecule has 0 aliphatic heterocycles. The molecule has 0 fully saturated rings. The standard InChI is InChI=1S/C19H23ClN2O3S/c1-4-14-6-10-16(11-7-14)21-19(23)18(5-2)22(26(3,24)25)17-12-8-15(20)9-13-17/h6-13,18H,4-5H2,1-3H3,(H,21,23). The van der Waals surface area contributed by atoms with Gasteiger partial charge in [0.2, 0.25) is 15.9 Å². The third kappa shape index (κ3) is 4.99. The highest BCUT2D eigenvalue weighted by atomic mass is 35.5. The van der Waals surface area contributed by atoms with Crippen molar-refractivity contribution in [3.8, 4) is 0 Å². The van der Waals surface area contributed by atoms with Crippen molar-refractivity contribution in [2.45, 2.75) is 32.7 Å². The van der Waals surface area contributed by atoms with Crippen LogP contribution in [0.15, 0.2) is 48.5 Å². The fourth-order valence-corrected chi connectivity index (χ4v) is 4.04. The van der Waals surface area contributed by atoms with E-state index in [1.807, 2.05) is 24.3 Å². The molecule has 7 heteroatoms. The van der Waals surface area contributed by atoms with Crippen molar-refractivity contribution >= 4 is 38.9 Å². The van der Waals surface area contributed by atoms with E-state index in [-0.39, 0.29) is 5.91 Å². The molecule has 26 heavy (non-hydrogen) atoms. The molecule has 1 N–H and O–H groups in total. The fraction of sp³-hybridized carbons (Fsp3) is 0.316. The molecule has 0 aliphatic carbocycles. The van der Waals surface area contributed by atoms with Gasteiger partial charge in [-0.1, -0.05) is 37.6 Å². The summed E-state index contributed by atoms with van der Waals surface area (Å²) in [5, 5.41) is 3.30. The number of hydrogen-bond acceptors (Lipinski definition) is 3. The number of halogens is 1. The Balaban J connectivity index is 2.31. The largest absolute Gasteiger partial charge is 0.324 e. The Morgan fingerprint density at radius 1 is 1.08 bits per heavy atom. The van der Waals surface area contributed by atoms with Gasteiger partial charge in [-0.15, -0.1) is 0 Å². The first-order chi connectivity index (χ1) is 12.3. The van der Waals surface area contributed by atoms with Crippen molar-refractivity contribution < 1.29 is 13.2 Å². The van der Waals surface area contributed by atoms with Gasteiger partial charge in [-0.2, -0.15) is 0 Å². The van der Waals surface area contributed by atoms with E-state index >= 15 is 0 Å². The number of hydrogen-bond donors (Lipinski definition) is 1. The number of benzene rings is 2. The van der Waals surface area contributed by atoms with Crippen LogP contribution < -0.4 is 9.62 Å². The summed E-state index contributed by atoms with van der Waals surface area (Å²) < 4.78 is 25.9. The van der Waals surface area contributed by atoms with E-state index in [0.717, 1.165) is 22.5 Å². The van der Waals surface area contributed by atoms with E-state index in [1.54, 1.807) is 31.2 Å². The Kier molecular flexibility index (Phi) is 6.67. The highest BCUT2D eigenvalue weighted by molar-refractivity contribution is 7.92. The first-order valence-corrected chi connectivity index (χ1v) is 10.6. The number of rotatable bonds is 7. The van der Waals surface area contributed by atoms with Gasteiger partial charge in [-0.25, -0.2) is 8.42 Å². The zero-order valence-electron chi connectivity index (χ0n) is 15.1. The topological polar surface area (TPSA) is 66.5 Å². The number of nitrogens with one attached hydrogen (secondary N) is 1. The second kappa shape index (κ2) is 8.56. The molecule has 0 bridgehead atoms. The number of carbonyl (C=O) groups excluding carboxylic acids is 1. The van der Waals surface area contributed by atoms with E-state index in [4.69, 9.17) is 11.6 Å². The monoisotopic (exact) mass is 394 g/mol. The Bertz CT molecular complexity index is 849. The minimum atomic E-state index is -3.66. The smallest absolute Gasteiger partial charge is 0.248 e. The lowest BCUT2D eigenvalue weighted by atomic mass is 10.1. The van der Waals surface area contributed by atoms with Crippen LogP contribution in [0.5, 0.6) is 0 Å². The Morgan fingerprint density at radius 3 is 2.12 bits per heavy atom. The maximum Gasteiger partial charge on any atom is 0.248 e. The summed E-state index contributed by atoms with van der Waals surface area (Å²) in [4.78, 5) is 12.8. The van der Waals surface area contributed by atoms with E-state index < -0.39 is 16.1 Å². The quantitative estimate of drug-likeness (QED) is 0.769. The van der Waals surface area contributed by atoms with E-state index in [9.17, 15) is 13.2 Å². The van der Waals surface area contributed by atoms with Crippen molar-refractivity contribution in [2.75, 3.05) is 15.9 Å². The second-order valence-corrected chi connectivity index (χ2v) is 8.29. The van der Waals surface area contributed by atoms with Crippen molar-refractivity contribution in [1.82, 2.24) is 0 Å². The van der Waals surface area contributed by atoms with Gasteiger partial charge in [0.25, 0.3) is 0 Å². The summed E-state index contributed by atoms with van der Waals surface area (Å²) in [6.07, 6.45) is 2.33. The minimum absolute atomic E-state index is 0.328. The molecule has 140 valence electrons. The van der Waals surface area contributed by atoms with Crippen LogP contribution in [-0.2, 0) is 21.2 Å². The highest BCUT2D eigenvalue weighted by Gasteiger charge is 2.31. The van der Waals surface area contributed by atoms with Crippen LogP contribution in [0.1, 0.15) is 25.8 Å². The number of sulfonamides is 1. The van der Waals surface area contributed by atoms with Crippen molar-refractivity contribution in [1.29, 1.82) is 0 Å². The lowest BCUT2D eigenvalue weighted by Gasteiger charge is -2.30. The molecule has 0 aliphatic rings. The SMILES string of the molecule is CCc1ccc(NC(=O)C(CC)N(c2ccc(Cl)cc2)S(C)(=O)=O)cc1. The van der Waals surface area contributed by atoms with Crippen LogP contribution in [-0.4, -0.2) is 26.6 Å². The maximum absolute atomic E-state index is 12.8. The van der Waals surface area contributed by atoms with Gasteiger partial charge in [-0.3, -0.25) is 9.10 Å². The summed E-state index contributed by atoms with van der Waals surface area (Å²) in [6, 6.07) is 13.0.